The second-order valence-electron chi connectivity index (χ2n) is 6.50. The van der Waals surface area contributed by atoms with Crippen LogP contribution in [0.1, 0.15) is 30.1 Å². The highest BCUT2D eigenvalue weighted by Crippen LogP contribution is 2.17. The molecule has 148 valence electrons. The van der Waals surface area contributed by atoms with Crippen LogP contribution >= 0.6 is 0 Å². The van der Waals surface area contributed by atoms with Crippen LogP contribution in [-0.2, 0) is 4.74 Å². The number of ether oxygens (including phenoxy) is 1. The molecule has 1 aliphatic rings. The average molecular weight is 386 g/mol. The monoisotopic (exact) mass is 386 g/mol. The Hall–Kier alpha value is -3.16. The van der Waals surface area contributed by atoms with E-state index in [4.69, 9.17) is 4.74 Å². The number of aromatic nitrogens is 1. The van der Waals surface area contributed by atoms with E-state index in [1.807, 2.05) is 0 Å². The Balaban J connectivity index is 1.51. The van der Waals surface area contributed by atoms with Crippen molar-refractivity contribution in [3.8, 4) is 0 Å². The first-order chi connectivity index (χ1) is 13.5. The minimum absolute atomic E-state index is 0.199. The van der Waals surface area contributed by atoms with E-state index in [1.54, 1.807) is 30.0 Å². The zero-order valence-electron chi connectivity index (χ0n) is 15.7. The molecule has 28 heavy (non-hydrogen) atoms. The van der Waals surface area contributed by atoms with Gasteiger partial charge in [-0.25, -0.2) is 14.2 Å². The third kappa shape index (κ3) is 5.18. The standard InChI is InChI=1S/C20H23FN4O3/c1-2-28-20(27)25-10-8-16(9-11-25)23-18-7-6-14(13-22-18)19(26)24-17-5-3-4-15(21)12-17/h3-7,12-13,16H,2,8-11H2,1H3,(H,22,23)(H,24,26). The molecule has 8 heteroatoms. The van der Waals surface area contributed by atoms with Crippen molar-refractivity contribution in [3.05, 3.63) is 54.0 Å². The fraction of sp³-hybridized carbons (Fsp3) is 0.350. The number of hydrogen-bond donors (Lipinski definition) is 2. The summed E-state index contributed by atoms with van der Waals surface area (Å²) >= 11 is 0. The largest absolute Gasteiger partial charge is 0.450 e. The van der Waals surface area contributed by atoms with E-state index in [0.717, 1.165) is 12.8 Å². The summed E-state index contributed by atoms with van der Waals surface area (Å²) in [6.07, 6.45) is 2.79. The Morgan fingerprint density at radius 1 is 1.25 bits per heavy atom. The van der Waals surface area contributed by atoms with Crippen molar-refractivity contribution in [2.24, 2.45) is 0 Å². The molecule has 2 N–H and O–H groups in total. The van der Waals surface area contributed by atoms with Crippen molar-refractivity contribution in [2.75, 3.05) is 30.3 Å². The number of carbonyl (C=O) groups excluding carboxylic acids is 2. The SMILES string of the molecule is CCOC(=O)N1CCC(Nc2ccc(C(=O)Nc3cccc(F)c3)cn2)CC1. The number of nitrogens with zero attached hydrogens (tertiary/aromatic N) is 2. The van der Waals surface area contributed by atoms with E-state index in [9.17, 15) is 14.0 Å². The Morgan fingerprint density at radius 2 is 2.04 bits per heavy atom. The summed E-state index contributed by atoms with van der Waals surface area (Å²) in [5.74, 6) is -0.103. The number of pyridine rings is 1. The number of rotatable bonds is 5. The van der Waals surface area contributed by atoms with Gasteiger partial charge in [-0.3, -0.25) is 4.79 Å². The van der Waals surface area contributed by atoms with Gasteiger partial charge in [0.1, 0.15) is 11.6 Å². The maximum Gasteiger partial charge on any atom is 0.409 e. The molecule has 0 spiro atoms. The summed E-state index contributed by atoms with van der Waals surface area (Å²) in [4.78, 5) is 30.0. The van der Waals surface area contributed by atoms with Crippen molar-refractivity contribution in [1.82, 2.24) is 9.88 Å². The topological polar surface area (TPSA) is 83.6 Å². The Bertz CT molecular complexity index is 820. The van der Waals surface area contributed by atoms with Crippen molar-refractivity contribution in [3.63, 3.8) is 0 Å². The molecule has 2 amide bonds. The highest BCUT2D eigenvalue weighted by Gasteiger charge is 2.23. The van der Waals surface area contributed by atoms with Gasteiger partial charge in [-0.1, -0.05) is 6.07 Å². The zero-order chi connectivity index (χ0) is 19.9. The lowest BCUT2D eigenvalue weighted by Crippen LogP contribution is -2.42. The van der Waals surface area contributed by atoms with Crippen LogP contribution in [-0.4, -0.2) is 47.6 Å². The first-order valence-corrected chi connectivity index (χ1v) is 9.26. The van der Waals surface area contributed by atoms with Crippen LogP contribution in [0, 0.1) is 5.82 Å². The fourth-order valence-electron chi connectivity index (χ4n) is 3.01. The fourth-order valence-corrected chi connectivity index (χ4v) is 3.01. The van der Waals surface area contributed by atoms with Crippen molar-refractivity contribution < 1.29 is 18.7 Å². The highest BCUT2D eigenvalue weighted by molar-refractivity contribution is 6.04. The molecule has 1 aromatic heterocycles. The van der Waals surface area contributed by atoms with Crippen LogP contribution in [0.15, 0.2) is 42.6 Å². The predicted molar refractivity (Wildman–Crippen MR) is 104 cm³/mol. The maximum atomic E-state index is 13.2. The number of carbonyl (C=O) groups is 2. The normalized spacial score (nSPS) is 14.4. The second kappa shape index (κ2) is 9.16. The number of hydrogen-bond acceptors (Lipinski definition) is 5. The smallest absolute Gasteiger partial charge is 0.409 e. The number of nitrogens with one attached hydrogen (secondary N) is 2. The van der Waals surface area contributed by atoms with Gasteiger partial charge in [-0.05, 0) is 50.1 Å². The first kappa shape index (κ1) is 19.6. The van der Waals surface area contributed by atoms with Crippen LogP contribution in [0.4, 0.5) is 20.7 Å². The van der Waals surface area contributed by atoms with E-state index in [2.05, 4.69) is 15.6 Å². The molecule has 2 aromatic rings. The van der Waals surface area contributed by atoms with Gasteiger partial charge in [0.05, 0.1) is 12.2 Å². The Morgan fingerprint density at radius 3 is 2.68 bits per heavy atom. The Kier molecular flexibility index (Phi) is 6.41. The van der Waals surface area contributed by atoms with E-state index in [1.165, 1.54) is 24.4 Å². The summed E-state index contributed by atoms with van der Waals surface area (Å²) in [6.45, 7) is 3.43. The lowest BCUT2D eigenvalue weighted by atomic mass is 10.1. The molecule has 0 atom stereocenters. The van der Waals surface area contributed by atoms with Gasteiger partial charge >= 0.3 is 6.09 Å². The number of likely N-dealkylation sites (tertiary alicyclic amines) is 1. The molecule has 1 aliphatic heterocycles. The molecule has 0 saturated carbocycles. The van der Waals surface area contributed by atoms with E-state index in [-0.39, 0.29) is 18.0 Å². The van der Waals surface area contributed by atoms with Gasteiger partial charge in [0, 0.05) is 31.0 Å². The summed E-state index contributed by atoms with van der Waals surface area (Å²) in [5, 5.41) is 5.96. The highest BCUT2D eigenvalue weighted by atomic mass is 19.1. The number of halogens is 1. The van der Waals surface area contributed by atoms with Crippen molar-refractivity contribution in [1.29, 1.82) is 0 Å². The van der Waals surface area contributed by atoms with E-state index >= 15 is 0 Å². The third-order valence-electron chi connectivity index (χ3n) is 4.48. The van der Waals surface area contributed by atoms with Crippen molar-refractivity contribution in [2.45, 2.75) is 25.8 Å². The van der Waals surface area contributed by atoms with Crippen molar-refractivity contribution >= 4 is 23.5 Å². The van der Waals surface area contributed by atoms with Gasteiger partial charge in [0.25, 0.3) is 5.91 Å². The van der Waals surface area contributed by atoms with Crippen LogP contribution < -0.4 is 10.6 Å². The summed E-state index contributed by atoms with van der Waals surface area (Å²) in [5.41, 5.74) is 0.771. The predicted octanol–water partition coefficient (Wildman–Crippen LogP) is 3.51. The van der Waals surface area contributed by atoms with E-state index < -0.39 is 5.82 Å². The average Bonchev–Trinajstić information content (AvgIpc) is 2.69. The molecule has 0 bridgehead atoms. The molecule has 3 rings (SSSR count). The Labute approximate surface area is 162 Å². The molecule has 0 unspecified atom stereocenters. The van der Waals surface area contributed by atoms with Gasteiger partial charge in [-0.15, -0.1) is 0 Å². The molecule has 1 saturated heterocycles. The van der Waals surface area contributed by atoms with Crippen LogP contribution in [0.25, 0.3) is 0 Å². The number of anilines is 2. The molecular weight excluding hydrogens is 363 g/mol. The van der Waals surface area contributed by atoms with Crippen LogP contribution in [0.2, 0.25) is 0 Å². The third-order valence-corrected chi connectivity index (χ3v) is 4.48. The molecule has 1 aromatic carbocycles. The van der Waals surface area contributed by atoms with Gasteiger partial charge in [-0.2, -0.15) is 0 Å². The van der Waals surface area contributed by atoms with Gasteiger partial charge < -0.3 is 20.3 Å². The lowest BCUT2D eigenvalue weighted by Gasteiger charge is -2.31. The minimum Gasteiger partial charge on any atom is -0.450 e. The second-order valence-corrected chi connectivity index (χ2v) is 6.50. The first-order valence-electron chi connectivity index (χ1n) is 9.26. The van der Waals surface area contributed by atoms with Crippen LogP contribution in [0.5, 0.6) is 0 Å². The number of benzene rings is 1. The lowest BCUT2D eigenvalue weighted by molar-refractivity contribution is 0.0982. The number of amides is 2. The molecule has 0 aliphatic carbocycles. The van der Waals surface area contributed by atoms with E-state index in [0.29, 0.717) is 36.8 Å². The minimum atomic E-state index is -0.413. The molecular formula is C20H23FN4O3. The molecule has 0 radical (unpaired) electrons. The quantitative estimate of drug-likeness (QED) is 0.822. The molecule has 7 nitrogen and oxygen atoms in total. The van der Waals surface area contributed by atoms with Gasteiger partial charge in [0.15, 0.2) is 0 Å². The summed E-state index contributed by atoms with van der Waals surface area (Å²) < 4.78 is 18.2. The molecule has 2 heterocycles. The maximum absolute atomic E-state index is 13.2. The van der Waals surface area contributed by atoms with Crippen LogP contribution in [0.3, 0.4) is 0 Å². The summed E-state index contributed by atoms with van der Waals surface area (Å²) in [7, 11) is 0. The zero-order valence-corrected chi connectivity index (χ0v) is 15.7. The summed E-state index contributed by atoms with van der Waals surface area (Å²) in [6, 6.07) is 9.32. The number of piperidine rings is 1. The molecule has 1 fully saturated rings. The van der Waals surface area contributed by atoms with Gasteiger partial charge in [0.2, 0.25) is 0 Å².